The molecule has 0 saturated carbocycles. The average Bonchev–Trinajstić information content (AvgIpc) is 2.91. The van der Waals surface area contributed by atoms with Gasteiger partial charge in [-0.2, -0.15) is 13.5 Å². The minimum atomic E-state index is -0.0300. The van der Waals surface area contributed by atoms with Gasteiger partial charge in [0, 0.05) is 20.9 Å². The number of ketones is 1. The van der Waals surface area contributed by atoms with Crippen molar-refractivity contribution in [2.45, 2.75) is 9.79 Å². The zero-order valence-electron chi connectivity index (χ0n) is 18.8. The number of halogens is 1. The summed E-state index contributed by atoms with van der Waals surface area (Å²) in [5, 5.41) is 0.570. The Morgan fingerprint density at radius 1 is 0.571 bits per heavy atom. The molecule has 1 nitrogen and oxygen atoms in total. The van der Waals surface area contributed by atoms with Gasteiger partial charge in [-0.25, -0.2) is 0 Å². The van der Waals surface area contributed by atoms with Crippen molar-refractivity contribution >= 4 is 42.6 Å². The molecule has 0 heterocycles. The molecule has 0 spiro atoms. The van der Waals surface area contributed by atoms with E-state index in [2.05, 4.69) is 66.7 Å². The number of rotatable bonds is 6. The van der Waals surface area contributed by atoms with Gasteiger partial charge < -0.3 is 0 Å². The van der Waals surface area contributed by atoms with Gasteiger partial charge in [0.15, 0.2) is 5.78 Å². The van der Waals surface area contributed by atoms with Crippen LogP contribution in [0.1, 0.15) is 15.9 Å². The van der Waals surface area contributed by atoms with Gasteiger partial charge in [0.25, 0.3) is 0 Å². The molecule has 0 N–H and O–H groups in total. The van der Waals surface area contributed by atoms with Crippen molar-refractivity contribution in [1.82, 2.24) is 0 Å². The van der Waals surface area contributed by atoms with E-state index >= 15 is 0 Å². The van der Waals surface area contributed by atoms with Crippen LogP contribution in [0.2, 0.25) is 5.02 Å². The lowest BCUT2D eigenvalue weighted by molar-refractivity contribution is 0.103. The van der Waals surface area contributed by atoms with Crippen LogP contribution in [0.4, 0.5) is 0 Å². The summed E-state index contributed by atoms with van der Waals surface area (Å²) in [6.45, 7) is 0. The number of hydrogen-bond donors (Lipinski definition) is 0. The van der Waals surface area contributed by atoms with Crippen LogP contribution in [0.15, 0.2) is 137 Å². The maximum atomic E-state index is 12.8. The Balaban J connectivity index is 0.00000289. The summed E-state index contributed by atoms with van der Waals surface area (Å²) in [5.74, 6) is -0.0300. The first-order chi connectivity index (χ1) is 16.7. The third-order valence-electron chi connectivity index (χ3n) is 5.62. The summed E-state index contributed by atoms with van der Waals surface area (Å²) in [7, 11) is 0. The zero-order valence-corrected chi connectivity index (χ0v) is 21.4. The molecule has 5 rings (SSSR count). The van der Waals surface area contributed by atoms with Crippen LogP contribution in [0.3, 0.4) is 0 Å². The lowest BCUT2D eigenvalue weighted by atomic mass is 9.95. The van der Waals surface area contributed by atoms with Crippen molar-refractivity contribution in [2.24, 2.45) is 0 Å². The molecule has 0 bridgehead atoms. The average molecular weight is 511 g/mol. The lowest BCUT2D eigenvalue weighted by Gasteiger charge is -2.13. The Kier molecular flexibility index (Phi) is 8.14. The lowest BCUT2D eigenvalue weighted by Crippen LogP contribution is -2.00. The number of hydrogen-bond acceptors (Lipinski definition) is 2. The molecule has 0 aliphatic heterocycles. The topological polar surface area (TPSA) is 17.1 Å². The van der Waals surface area contributed by atoms with Crippen molar-refractivity contribution in [3.63, 3.8) is 0 Å². The summed E-state index contributed by atoms with van der Waals surface area (Å²) in [5.41, 5.74) is 5.95. The van der Waals surface area contributed by atoms with Crippen LogP contribution < -0.4 is 0 Å². The second-order valence-electron chi connectivity index (χ2n) is 7.88. The smallest absolute Gasteiger partial charge is 0.193 e. The van der Waals surface area contributed by atoms with E-state index in [1.807, 2.05) is 54.6 Å². The summed E-state index contributed by atoms with van der Waals surface area (Å²) < 4.78 is 0. The van der Waals surface area contributed by atoms with Crippen LogP contribution in [-0.4, -0.2) is 5.78 Å². The predicted molar refractivity (Wildman–Crippen MR) is 153 cm³/mol. The van der Waals surface area contributed by atoms with Gasteiger partial charge in [-0.05, 0) is 52.6 Å². The molecule has 0 atom stereocenters. The molecule has 0 saturated heterocycles. The number of carbonyl (C=O) groups excluding carboxylic acids is 1. The van der Waals surface area contributed by atoms with E-state index in [9.17, 15) is 4.79 Å². The van der Waals surface area contributed by atoms with E-state index < -0.39 is 0 Å². The first kappa shape index (κ1) is 24.9. The van der Waals surface area contributed by atoms with Crippen molar-refractivity contribution in [1.29, 1.82) is 0 Å². The molecule has 35 heavy (non-hydrogen) atoms. The fraction of sp³-hybridized carbons (Fsp3) is 0. The molecule has 5 aromatic carbocycles. The van der Waals surface area contributed by atoms with E-state index in [1.165, 1.54) is 22.3 Å². The monoisotopic (exact) mass is 510 g/mol. The standard InChI is InChI=1S/C31H21ClOS.H2S/c32-29-20-25(31(33)24-14-8-3-9-15-24)16-19-30(29)34-26-17-18-27(22-10-4-1-5-11-22)28(21-26)23-12-6-2-7-13-23;/h1-21H;1H2. The molecular formula is C31H23ClOS2. The van der Waals surface area contributed by atoms with E-state index in [4.69, 9.17) is 11.6 Å². The van der Waals surface area contributed by atoms with Crippen molar-refractivity contribution in [2.75, 3.05) is 0 Å². The highest BCUT2D eigenvalue weighted by Gasteiger charge is 2.13. The molecule has 5 aromatic rings. The minimum Gasteiger partial charge on any atom is -0.289 e. The maximum Gasteiger partial charge on any atom is 0.193 e. The first-order valence-electron chi connectivity index (χ1n) is 11.0. The molecule has 0 fully saturated rings. The first-order valence-corrected chi connectivity index (χ1v) is 12.2. The second-order valence-corrected chi connectivity index (χ2v) is 9.40. The van der Waals surface area contributed by atoms with E-state index in [0.717, 1.165) is 9.79 Å². The molecule has 0 unspecified atom stereocenters. The zero-order chi connectivity index (χ0) is 23.3. The Labute approximate surface area is 222 Å². The van der Waals surface area contributed by atoms with Gasteiger partial charge in [0.2, 0.25) is 0 Å². The van der Waals surface area contributed by atoms with E-state index in [-0.39, 0.29) is 19.3 Å². The minimum absolute atomic E-state index is 0. The Bertz CT molecular complexity index is 1440. The maximum absolute atomic E-state index is 12.8. The normalized spacial score (nSPS) is 10.4. The van der Waals surface area contributed by atoms with Gasteiger partial charge >= 0.3 is 0 Å². The highest BCUT2D eigenvalue weighted by atomic mass is 35.5. The van der Waals surface area contributed by atoms with Crippen molar-refractivity contribution < 1.29 is 4.79 Å². The van der Waals surface area contributed by atoms with Gasteiger partial charge in [-0.15, -0.1) is 0 Å². The van der Waals surface area contributed by atoms with Crippen molar-refractivity contribution in [3.8, 4) is 22.3 Å². The van der Waals surface area contributed by atoms with E-state index in [1.54, 1.807) is 17.8 Å². The highest BCUT2D eigenvalue weighted by Crippen LogP contribution is 2.39. The third kappa shape index (κ3) is 5.71. The molecule has 172 valence electrons. The van der Waals surface area contributed by atoms with Crippen molar-refractivity contribution in [3.05, 3.63) is 144 Å². The molecule has 0 aliphatic rings. The van der Waals surface area contributed by atoms with Crippen LogP contribution in [-0.2, 0) is 0 Å². The quantitative estimate of drug-likeness (QED) is 0.212. The highest BCUT2D eigenvalue weighted by molar-refractivity contribution is 7.99. The summed E-state index contributed by atoms with van der Waals surface area (Å²) in [4.78, 5) is 14.8. The second kappa shape index (κ2) is 11.5. The number of carbonyl (C=O) groups is 1. The molecule has 0 aliphatic carbocycles. The third-order valence-corrected chi connectivity index (χ3v) is 7.11. The fourth-order valence-corrected chi connectivity index (χ4v) is 5.08. The summed E-state index contributed by atoms with van der Waals surface area (Å²) in [6.07, 6.45) is 0. The summed E-state index contributed by atoms with van der Waals surface area (Å²) >= 11 is 8.22. The predicted octanol–water partition coefficient (Wildman–Crippen LogP) is 9.17. The molecule has 0 aromatic heterocycles. The van der Waals surface area contributed by atoms with Gasteiger partial charge in [-0.3, -0.25) is 4.79 Å². The van der Waals surface area contributed by atoms with Crippen LogP contribution in [0.25, 0.3) is 22.3 Å². The van der Waals surface area contributed by atoms with Crippen LogP contribution >= 0.6 is 36.9 Å². The number of benzene rings is 5. The molecule has 0 amide bonds. The Hall–Kier alpha value is -3.24. The SMILES string of the molecule is O=C(c1ccccc1)c1ccc(Sc2ccc(-c3ccccc3)c(-c3ccccc3)c2)c(Cl)c1.S. The van der Waals surface area contributed by atoms with Gasteiger partial charge in [-0.1, -0.05) is 120 Å². The van der Waals surface area contributed by atoms with Gasteiger partial charge in [0.1, 0.15) is 0 Å². The fourth-order valence-electron chi connectivity index (χ4n) is 3.92. The summed E-state index contributed by atoms with van der Waals surface area (Å²) in [6, 6.07) is 42.1. The Morgan fingerprint density at radius 3 is 1.74 bits per heavy atom. The van der Waals surface area contributed by atoms with Crippen LogP contribution in [0.5, 0.6) is 0 Å². The molecule has 4 heteroatoms. The van der Waals surface area contributed by atoms with E-state index in [0.29, 0.717) is 16.1 Å². The largest absolute Gasteiger partial charge is 0.289 e. The molecular weight excluding hydrogens is 488 g/mol. The Morgan fingerprint density at radius 2 is 1.14 bits per heavy atom. The van der Waals surface area contributed by atoms with Gasteiger partial charge in [0.05, 0.1) is 5.02 Å². The van der Waals surface area contributed by atoms with Crippen LogP contribution in [0, 0.1) is 0 Å². The molecule has 0 radical (unpaired) electrons.